The van der Waals surface area contributed by atoms with Crippen LogP contribution in [-0.4, -0.2) is 4.98 Å². The van der Waals surface area contributed by atoms with Gasteiger partial charge in [0.1, 0.15) is 11.6 Å². The molecule has 0 saturated carbocycles. The maximum atomic E-state index is 13.1. The number of hydrogen-bond acceptors (Lipinski definition) is 2. The summed E-state index contributed by atoms with van der Waals surface area (Å²) in [5, 5.41) is 0. The molecule has 2 rings (SSSR count). The SMILES string of the molecule is Cc1cc(Br)cnc1Oc1ccc(F)c(C(F)(F)F)c1. The Hall–Kier alpha value is -1.63. The van der Waals surface area contributed by atoms with E-state index in [2.05, 4.69) is 20.9 Å². The molecule has 0 unspecified atom stereocenters. The fraction of sp³-hybridized carbons (Fsp3) is 0.154. The van der Waals surface area contributed by atoms with Crippen LogP contribution < -0.4 is 4.74 Å². The third-order valence-electron chi connectivity index (χ3n) is 2.45. The number of nitrogens with zero attached hydrogens (tertiary/aromatic N) is 1. The summed E-state index contributed by atoms with van der Waals surface area (Å²) in [6, 6.07) is 4.15. The van der Waals surface area contributed by atoms with Gasteiger partial charge in [0.15, 0.2) is 0 Å². The lowest BCUT2D eigenvalue weighted by Gasteiger charge is -2.11. The van der Waals surface area contributed by atoms with Gasteiger partial charge in [0.05, 0.1) is 5.56 Å². The third-order valence-corrected chi connectivity index (χ3v) is 2.89. The monoisotopic (exact) mass is 349 g/mol. The predicted octanol–water partition coefficient (Wildman–Crippen LogP) is 5.10. The average Bonchev–Trinajstić information content (AvgIpc) is 2.33. The van der Waals surface area contributed by atoms with Gasteiger partial charge in [0.2, 0.25) is 5.88 Å². The van der Waals surface area contributed by atoms with E-state index in [1.165, 1.54) is 6.20 Å². The van der Waals surface area contributed by atoms with Gasteiger partial charge in [-0.1, -0.05) is 0 Å². The van der Waals surface area contributed by atoms with E-state index in [-0.39, 0.29) is 11.6 Å². The summed E-state index contributed by atoms with van der Waals surface area (Å²) in [5.74, 6) is -1.31. The first-order chi connectivity index (χ1) is 9.27. The Bertz CT molecular complexity index is 643. The first-order valence-electron chi connectivity index (χ1n) is 5.44. The lowest BCUT2D eigenvalue weighted by atomic mass is 10.2. The van der Waals surface area contributed by atoms with Crippen LogP contribution in [0.3, 0.4) is 0 Å². The quantitative estimate of drug-likeness (QED) is 0.703. The third kappa shape index (κ3) is 3.27. The molecule has 0 N–H and O–H groups in total. The van der Waals surface area contributed by atoms with Crippen LogP contribution in [-0.2, 0) is 6.18 Å². The fourth-order valence-corrected chi connectivity index (χ4v) is 1.98. The normalized spacial score (nSPS) is 11.5. The molecule has 0 aliphatic rings. The van der Waals surface area contributed by atoms with Gasteiger partial charge in [-0.2, -0.15) is 13.2 Å². The number of aromatic nitrogens is 1. The number of halogens is 5. The number of aryl methyl sites for hydroxylation is 1. The molecule has 0 saturated heterocycles. The van der Waals surface area contributed by atoms with Crippen LogP contribution in [0, 0.1) is 12.7 Å². The number of rotatable bonds is 2. The minimum Gasteiger partial charge on any atom is -0.439 e. The molecule has 1 aromatic heterocycles. The van der Waals surface area contributed by atoms with E-state index < -0.39 is 17.6 Å². The zero-order chi connectivity index (χ0) is 14.9. The van der Waals surface area contributed by atoms with Crippen molar-refractivity contribution < 1.29 is 22.3 Å². The van der Waals surface area contributed by atoms with Crippen molar-refractivity contribution in [3.8, 4) is 11.6 Å². The lowest BCUT2D eigenvalue weighted by molar-refractivity contribution is -0.140. The van der Waals surface area contributed by atoms with Crippen molar-refractivity contribution in [3.05, 3.63) is 51.9 Å². The van der Waals surface area contributed by atoms with Crippen molar-refractivity contribution in [1.29, 1.82) is 0 Å². The Kier molecular flexibility index (Phi) is 3.99. The van der Waals surface area contributed by atoms with Gasteiger partial charge in [-0.05, 0) is 47.1 Å². The highest BCUT2D eigenvalue weighted by molar-refractivity contribution is 9.10. The predicted molar refractivity (Wildman–Crippen MR) is 68.2 cm³/mol. The Balaban J connectivity index is 2.35. The van der Waals surface area contributed by atoms with Crippen molar-refractivity contribution in [3.63, 3.8) is 0 Å². The largest absolute Gasteiger partial charge is 0.439 e. The number of ether oxygens (including phenoxy) is 1. The van der Waals surface area contributed by atoms with Gasteiger partial charge >= 0.3 is 6.18 Å². The van der Waals surface area contributed by atoms with Crippen molar-refractivity contribution >= 4 is 15.9 Å². The molecule has 2 aromatic rings. The second-order valence-electron chi connectivity index (χ2n) is 4.02. The van der Waals surface area contributed by atoms with Crippen molar-refractivity contribution in [2.75, 3.05) is 0 Å². The van der Waals surface area contributed by atoms with Gasteiger partial charge in [0, 0.05) is 16.2 Å². The topological polar surface area (TPSA) is 22.1 Å². The van der Waals surface area contributed by atoms with Gasteiger partial charge < -0.3 is 4.74 Å². The maximum Gasteiger partial charge on any atom is 0.419 e. The standard InChI is InChI=1S/C13H8BrF4NO/c1-7-4-8(14)6-19-12(7)20-9-2-3-11(15)10(5-9)13(16,17)18/h2-6H,1H3. The minimum absolute atomic E-state index is 0.128. The molecule has 1 aromatic carbocycles. The summed E-state index contributed by atoms with van der Waals surface area (Å²) in [4.78, 5) is 3.94. The maximum absolute atomic E-state index is 13.1. The van der Waals surface area contributed by atoms with Crippen molar-refractivity contribution in [1.82, 2.24) is 4.98 Å². The molecule has 0 bridgehead atoms. The molecule has 0 amide bonds. The van der Waals surface area contributed by atoms with Crippen LogP contribution in [0.5, 0.6) is 11.6 Å². The Labute approximate surface area is 120 Å². The molecule has 7 heteroatoms. The zero-order valence-corrected chi connectivity index (χ0v) is 11.7. The molecule has 20 heavy (non-hydrogen) atoms. The molecule has 1 heterocycles. The van der Waals surface area contributed by atoms with Gasteiger partial charge in [-0.15, -0.1) is 0 Å². The Morgan fingerprint density at radius 1 is 1.20 bits per heavy atom. The molecule has 0 fully saturated rings. The first-order valence-corrected chi connectivity index (χ1v) is 6.23. The summed E-state index contributed by atoms with van der Waals surface area (Å²) >= 11 is 3.21. The number of benzene rings is 1. The van der Waals surface area contributed by atoms with E-state index in [9.17, 15) is 17.6 Å². The highest BCUT2D eigenvalue weighted by Gasteiger charge is 2.34. The lowest BCUT2D eigenvalue weighted by Crippen LogP contribution is -2.08. The second-order valence-corrected chi connectivity index (χ2v) is 4.93. The molecule has 0 spiro atoms. The van der Waals surface area contributed by atoms with E-state index in [4.69, 9.17) is 4.74 Å². The second kappa shape index (κ2) is 5.40. The number of alkyl halides is 3. The van der Waals surface area contributed by atoms with E-state index in [1.54, 1.807) is 13.0 Å². The molecular formula is C13H8BrF4NO. The van der Waals surface area contributed by atoms with Crippen molar-refractivity contribution in [2.24, 2.45) is 0 Å². The molecule has 0 atom stereocenters. The summed E-state index contributed by atoms with van der Waals surface area (Å²) in [6.07, 6.45) is -3.32. The van der Waals surface area contributed by atoms with Crippen LogP contribution in [0.15, 0.2) is 34.9 Å². The zero-order valence-electron chi connectivity index (χ0n) is 10.1. The molecule has 0 aliphatic heterocycles. The Morgan fingerprint density at radius 3 is 2.50 bits per heavy atom. The van der Waals surface area contributed by atoms with Crippen LogP contribution in [0.1, 0.15) is 11.1 Å². The molecule has 2 nitrogen and oxygen atoms in total. The van der Waals surface area contributed by atoms with Crippen LogP contribution in [0.4, 0.5) is 17.6 Å². The van der Waals surface area contributed by atoms with E-state index in [0.717, 1.165) is 10.5 Å². The summed E-state index contributed by atoms with van der Waals surface area (Å²) < 4.78 is 56.9. The highest BCUT2D eigenvalue weighted by Crippen LogP contribution is 2.35. The summed E-state index contributed by atoms with van der Waals surface area (Å²) in [5.41, 5.74) is -0.734. The van der Waals surface area contributed by atoms with Gasteiger partial charge in [-0.25, -0.2) is 9.37 Å². The van der Waals surface area contributed by atoms with E-state index in [0.29, 0.717) is 17.7 Å². The molecule has 106 valence electrons. The average molecular weight is 350 g/mol. The minimum atomic E-state index is -4.77. The highest BCUT2D eigenvalue weighted by atomic mass is 79.9. The van der Waals surface area contributed by atoms with Gasteiger partial charge in [0.25, 0.3) is 0 Å². The van der Waals surface area contributed by atoms with Crippen LogP contribution in [0.2, 0.25) is 0 Å². The molecule has 0 aliphatic carbocycles. The fourth-order valence-electron chi connectivity index (χ4n) is 1.53. The smallest absolute Gasteiger partial charge is 0.419 e. The van der Waals surface area contributed by atoms with Crippen LogP contribution in [0.25, 0.3) is 0 Å². The van der Waals surface area contributed by atoms with Crippen LogP contribution >= 0.6 is 15.9 Å². The number of pyridine rings is 1. The number of hydrogen-bond donors (Lipinski definition) is 0. The van der Waals surface area contributed by atoms with Crippen molar-refractivity contribution in [2.45, 2.75) is 13.1 Å². The van der Waals surface area contributed by atoms with E-state index in [1.807, 2.05) is 0 Å². The summed E-state index contributed by atoms with van der Waals surface area (Å²) in [6.45, 7) is 1.70. The van der Waals surface area contributed by atoms with E-state index >= 15 is 0 Å². The van der Waals surface area contributed by atoms with Gasteiger partial charge in [-0.3, -0.25) is 0 Å². The molecule has 0 radical (unpaired) electrons. The Morgan fingerprint density at radius 2 is 1.90 bits per heavy atom. The summed E-state index contributed by atoms with van der Waals surface area (Å²) in [7, 11) is 0. The molecular weight excluding hydrogens is 342 g/mol. The first kappa shape index (κ1) is 14.8.